The van der Waals surface area contributed by atoms with Crippen molar-refractivity contribution in [3.05, 3.63) is 65.2 Å². The first-order valence-electron chi connectivity index (χ1n) is 9.79. The van der Waals surface area contributed by atoms with E-state index in [0.717, 1.165) is 29.7 Å². The Morgan fingerprint density at radius 2 is 1.77 bits per heavy atom. The smallest absolute Gasteiger partial charge is 0.405 e. The molecule has 1 saturated carbocycles. The zero-order chi connectivity index (χ0) is 21.3. The van der Waals surface area contributed by atoms with Crippen LogP contribution in [0.4, 0.5) is 13.2 Å². The van der Waals surface area contributed by atoms with Crippen LogP contribution >= 0.6 is 0 Å². The predicted octanol–water partition coefficient (Wildman–Crippen LogP) is 3.47. The molecule has 0 radical (unpaired) electrons. The molecule has 2 amide bonds. The van der Waals surface area contributed by atoms with Crippen LogP contribution in [0.5, 0.6) is 5.75 Å². The Morgan fingerprint density at radius 1 is 1.07 bits per heavy atom. The SMILES string of the molecule is O=C(NCC(F)(F)F)c1ccc(CN(C(=O)C2Cc3ccccc3O2)C2CC2)cc1. The second-order valence-corrected chi connectivity index (χ2v) is 7.61. The van der Waals surface area contributed by atoms with E-state index in [9.17, 15) is 22.8 Å². The first-order valence-corrected chi connectivity index (χ1v) is 9.79. The quantitative estimate of drug-likeness (QED) is 0.782. The Morgan fingerprint density at radius 3 is 2.40 bits per heavy atom. The van der Waals surface area contributed by atoms with Crippen molar-refractivity contribution in [2.75, 3.05) is 6.54 Å². The molecule has 2 aromatic carbocycles. The summed E-state index contributed by atoms with van der Waals surface area (Å²) in [6, 6.07) is 14.0. The number of nitrogens with one attached hydrogen (secondary N) is 1. The number of para-hydroxylation sites is 1. The molecule has 1 unspecified atom stereocenters. The number of carbonyl (C=O) groups is 2. The number of benzene rings is 2. The number of fused-ring (bicyclic) bond motifs is 1. The predicted molar refractivity (Wildman–Crippen MR) is 103 cm³/mol. The Labute approximate surface area is 171 Å². The first-order chi connectivity index (χ1) is 14.3. The van der Waals surface area contributed by atoms with Crippen molar-refractivity contribution in [3.63, 3.8) is 0 Å². The first kappa shape index (κ1) is 20.3. The third-order valence-electron chi connectivity index (χ3n) is 5.21. The molecule has 0 saturated heterocycles. The molecule has 1 aliphatic carbocycles. The van der Waals surface area contributed by atoms with E-state index in [1.807, 2.05) is 29.6 Å². The average Bonchev–Trinajstić information content (AvgIpc) is 3.47. The van der Waals surface area contributed by atoms with Crippen LogP contribution in [-0.2, 0) is 17.8 Å². The van der Waals surface area contributed by atoms with Crippen LogP contribution in [0, 0.1) is 0 Å². The number of hydrogen-bond acceptors (Lipinski definition) is 3. The molecule has 2 aromatic rings. The van der Waals surface area contributed by atoms with E-state index >= 15 is 0 Å². The highest BCUT2D eigenvalue weighted by molar-refractivity contribution is 5.94. The van der Waals surface area contributed by atoms with Crippen molar-refractivity contribution in [2.24, 2.45) is 0 Å². The number of rotatable bonds is 6. The van der Waals surface area contributed by atoms with Crippen LogP contribution in [0.2, 0.25) is 0 Å². The van der Waals surface area contributed by atoms with Gasteiger partial charge in [-0.15, -0.1) is 0 Å². The van der Waals surface area contributed by atoms with E-state index < -0.39 is 24.7 Å². The fourth-order valence-electron chi connectivity index (χ4n) is 3.52. The zero-order valence-corrected chi connectivity index (χ0v) is 16.1. The van der Waals surface area contributed by atoms with Gasteiger partial charge < -0.3 is 15.0 Å². The van der Waals surface area contributed by atoms with E-state index in [-0.39, 0.29) is 17.5 Å². The molecule has 0 spiro atoms. The van der Waals surface area contributed by atoms with Crippen molar-refractivity contribution in [1.82, 2.24) is 10.2 Å². The second kappa shape index (κ2) is 8.01. The van der Waals surface area contributed by atoms with E-state index in [2.05, 4.69) is 0 Å². The molecule has 1 fully saturated rings. The Kier molecular flexibility index (Phi) is 5.40. The summed E-state index contributed by atoms with van der Waals surface area (Å²) in [5.74, 6) is -0.118. The minimum atomic E-state index is -4.46. The van der Waals surface area contributed by atoms with E-state index in [0.29, 0.717) is 13.0 Å². The summed E-state index contributed by atoms with van der Waals surface area (Å²) in [6.45, 7) is -1.01. The minimum absolute atomic E-state index is 0.0688. The fourth-order valence-corrected chi connectivity index (χ4v) is 3.52. The van der Waals surface area contributed by atoms with Gasteiger partial charge in [0.1, 0.15) is 12.3 Å². The van der Waals surface area contributed by atoms with Gasteiger partial charge in [0, 0.05) is 24.6 Å². The zero-order valence-electron chi connectivity index (χ0n) is 16.1. The number of alkyl halides is 3. The topological polar surface area (TPSA) is 58.6 Å². The van der Waals surface area contributed by atoms with E-state index in [1.54, 1.807) is 17.0 Å². The summed E-state index contributed by atoms with van der Waals surface area (Å²) in [5, 5.41) is 1.85. The fraction of sp³-hybridized carbons (Fsp3) is 0.364. The maximum atomic E-state index is 13.1. The van der Waals surface area contributed by atoms with Gasteiger partial charge in [0.05, 0.1) is 0 Å². The molecule has 4 rings (SSSR count). The Bertz CT molecular complexity index is 914. The van der Waals surface area contributed by atoms with Gasteiger partial charge in [-0.05, 0) is 42.2 Å². The molecular weight excluding hydrogens is 397 g/mol. The molecule has 158 valence electrons. The molecule has 0 aromatic heterocycles. The summed E-state index contributed by atoms with van der Waals surface area (Å²) in [6.07, 6.45) is -2.60. The van der Waals surface area contributed by atoms with Gasteiger partial charge in [-0.2, -0.15) is 13.2 Å². The van der Waals surface area contributed by atoms with Gasteiger partial charge in [-0.3, -0.25) is 9.59 Å². The Hall–Kier alpha value is -3.03. The number of halogens is 3. The lowest BCUT2D eigenvalue weighted by molar-refractivity contribution is -0.139. The number of hydrogen-bond donors (Lipinski definition) is 1. The lowest BCUT2D eigenvalue weighted by atomic mass is 10.1. The van der Waals surface area contributed by atoms with Gasteiger partial charge in [0.25, 0.3) is 11.8 Å². The van der Waals surface area contributed by atoms with Crippen molar-refractivity contribution in [1.29, 1.82) is 0 Å². The standard InChI is InChI=1S/C22H21F3N2O3/c23-22(24,25)13-26-20(28)15-7-5-14(6-8-15)12-27(17-9-10-17)21(29)19-11-16-3-1-2-4-18(16)30-19/h1-8,17,19H,9-13H2,(H,26,28). The van der Waals surface area contributed by atoms with Crippen LogP contribution in [0.15, 0.2) is 48.5 Å². The number of ether oxygens (including phenoxy) is 1. The van der Waals surface area contributed by atoms with Crippen LogP contribution in [0.25, 0.3) is 0 Å². The van der Waals surface area contributed by atoms with Crippen molar-refractivity contribution in [2.45, 2.75) is 44.1 Å². The third-order valence-corrected chi connectivity index (χ3v) is 5.21. The summed E-state index contributed by atoms with van der Waals surface area (Å²) < 4.78 is 42.6. The summed E-state index contributed by atoms with van der Waals surface area (Å²) in [7, 11) is 0. The molecule has 1 N–H and O–H groups in total. The third kappa shape index (κ3) is 4.75. The van der Waals surface area contributed by atoms with Crippen molar-refractivity contribution >= 4 is 11.8 Å². The monoisotopic (exact) mass is 418 g/mol. The van der Waals surface area contributed by atoms with Crippen molar-refractivity contribution in [3.8, 4) is 5.75 Å². The summed E-state index contributed by atoms with van der Waals surface area (Å²) in [5.41, 5.74) is 1.96. The molecule has 1 aliphatic heterocycles. The lowest BCUT2D eigenvalue weighted by Gasteiger charge is -2.25. The molecule has 1 atom stereocenters. The maximum absolute atomic E-state index is 13.1. The highest BCUT2D eigenvalue weighted by Gasteiger charge is 2.39. The highest BCUT2D eigenvalue weighted by atomic mass is 19.4. The van der Waals surface area contributed by atoms with Gasteiger partial charge in [-0.25, -0.2) is 0 Å². The Balaban J connectivity index is 1.39. The molecule has 5 nitrogen and oxygen atoms in total. The molecule has 2 aliphatic rings. The van der Waals surface area contributed by atoms with Crippen LogP contribution in [0.1, 0.15) is 34.3 Å². The minimum Gasteiger partial charge on any atom is -0.480 e. The van der Waals surface area contributed by atoms with Crippen LogP contribution < -0.4 is 10.1 Å². The van der Waals surface area contributed by atoms with Gasteiger partial charge in [0.15, 0.2) is 6.10 Å². The molecule has 8 heteroatoms. The van der Waals surface area contributed by atoms with Crippen molar-refractivity contribution < 1.29 is 27.5 Å². The summed E-state index contributed by atoms with van der Waals surface area (Å²) >= 11 is 0. The number of carbonyl (C=O) groups excluding carboxylic acids is 2. The maximum Gasteiger partial charge on any atom is 0.405 e. The second-order valence-electron chi connectivity index (χ2n) is 7.61. The van der Waals surface area contributed by atoms with E-state index in [1.165, 1.54) is 12.1 Å². The van der Waals surface area contributed by atoms with Gasteiger partial charge in [0.2, 0.25) is 0 Å². The number of nitrogens with zero attached hydrogens (tertiary/aromatic N) is 1. The molecular formula is C22H21F3N2O3. The largest absolute Gasteiger partial charge is 0.480 e. The molecule has 30 heavy (non-hydrogen) atoms. The lowest BCUT2D eigenvalue weighted by Crippen LogP contribution is -2.42. The number of amides is 2. The molecule has 0 bridgehead atoms. The van der Waals surface area contributed by atoms with Gasteiger partial charge >= 0.3 is 6.18 Å². The van der Waals surface area contributed by atoms with E-state index in [4.69, 9.17) is 4.74 Å². The van der Waals surface area contributed by atoms with Gasteiger partial charge in [-0.1, -0.05) is 30.3 Å². The van der Waals surface area contributed by atoms with Crippen LogP contribution in [-0.4, -0.2) is 41.6 Å². The summed E-state index contributed by atoms with van der Waals surface area (Å²) in [4.78, 5) is 26.7. The average molecular weight is 418 g/mol. The highest BCUT2D eigenvalue weighted by Crippen LogP contribution is 2.33. The normalized spacial score (nSPS) is 17.8. The molecule has 1 heterocycles. The van der Waals surface area contributed by atoms with Crippen LogP contribution in [0.3, 0.4) is 0 Å².